The summed E-state index contributed by atoms with van der Waals surface area (Å²) in [6.07, 6.45) is 2.84. The van der Waals surface area contributed by atoms with Crippen LogP contribution in [0, 0.1) is 0 Å². The fraction of sp³-hybridized carbons (Fsp3) is 0.500. The molecule has 1 atom stereocenters. The van der Waals surface area contributed by atoms with E-state index in [4.69, 9.17) is 0 Å². The van der Waals surface area contributed by atoms with Gasteiger partial charge in [-0.2, -0.15) is 0 Å². The standard InChI is InChI=1S/C14H22N2OS/c1-5-7-11(2)14(17)15-10-12(16(3)4)13-8-6-9-18-13/h6-9,12H,5,10H2,1-4H3,(H,15,17)/b11-7+/t12-/m1/s1. The molecule has 1 rings (SSSR count). The quantitative estimate of drug-likeness (QED) is 0.803. The Bertz CT molecular complexity index is 396. The predicted octanol–water partition coefficient (Wildman–Crippen LogP) is 2.82. The molecule has 0 fully saturated rings. The fourth-order valence-electron chi connectivity index (χ4n) is 1.75. The molecule has 0 radical (unpaired) electrons. The Balaban J connectivity index is 2.59. The lowest BCUT2D eigenvalue weighted by Gasteiger charge is -2.23. The summed E-state index contributed by atoms with van der Waals surface area (Å²) in [5.74, 6) is 0.0280. The molecule has 18 heavy (non-hydrogen) atoms. The second-order valence-corrected chi connectivity index (χ2v) is 5.48. The van der Waals surface area contributed by atoms with E-state index in [9.17, 15) is 4.79 Å². The third-order valence-corrected chi connectivity index (χ3v) is 3.79. The summed E-state index contributed by atoms with van der Waals surface area (Å²) in [6, 6.07) is 4.39. The number of nitrogens with zero attached hydrogens (tertiary/aromatic N) is 1. The van der Waals surface area contributed by atoms with Gasteiger partial charge in [-0.05, 0) is 38.9 Å². The lowest BCUT2D eigenvalue weighted by Crippen LogP contribution is -2.34. The van der Waals surface area contributed by atoms with Gasteiger partial charge >= 0.3 is 0 Å². The van der Waals surface area contributed by atoms with Gasteiger partial charge < -0.3 is 10.2 Å². The predicted molar refractivity (Wildman–Crippen MR) is 77.8 cm³/mol. The van der Waals surface area contributed by atoms with Gasteiger partial charge in [-0.25, -0.2) is 0 Å². The van der Waals surface area contributed by atoms with Crippen molar-refractivity contribution >= 4 is 17.2 Å². The maximum atomic E-state index is 11.8. The van der Waals surface area contributed by atoms with Gasteiger partial charge in [-0.3, -0.25) is 4.79 Å². The monoisotopic (exact) mass is 266 g/mol. The van der Waals surface area contributed by atoms with Crippen molar-refractivity contribution in [1.29, 1.82) is 0 Å². The van der Waals surface area contributed by atoms with Crippen LogP contribution in [-0.2, 0) is 4.79 Å². The van der Waals surface area contributed by atoms with Crippen LogP contribution in [0.25, 0.3) is 0 Å². The molecule has 1 aromatic rings. The van der Waals surface area contributed by atoms with Gasteiger partial charge in [0.05, 0.1) is 6.04 Å². The third kappa shape index (κ3) is 4.27. The smallest absolute Gasteiger partial charge is 0.246 e. The lowest BCUT2D eigenvalue weighted by molar-refractivity contribution is -0.117. The van der Waals surface area contributed by atoms with Crippen LogP contribution in [0.2, 0.25) is 0 Å². The van der Waals surface area contributed by atoms with Crippen molar-refractivity contribution in [3.8, 4) is 0 Å². The molecule has 0 spiro atoms. The molecule has 0 aliphatic carbocycles. The summed E-state index contributed by atoms with van der Waals surface area (Å²) < 4.78 is 0. The minimum Gasteiger partial charge on any atom is -0.350 e. The SMILES string of the molecule is CC/C=C(\C)C(=O)NC[C@H](c1cccs1)N(C)C. The molecule has 0 unspecified atom stereocenters. The van der Waals surface area contributed by atoms with E-state index >= 15 is 0 Å². The number of rotatable bonds is 6. The van der Waals surface area contributed by atoms with Crippen molar-refractivity contribution in [2.75, 3.05) is 20.6 Å². The summed E-state index contributed by atoms with van der Waals surface area (Å²) in [6.45, 7) is 4.53. The molecule has 3 nitrogen and oxygen atoms in total. The normalized spacial score (nSPS) is 13.7. The van der Waals surface area contributed by atoms with Gasteiger partial charge in [-0.1, -0.05) is 19.1 Å². The van der Waals surface area contributed by atoms with Crippen LogP contribution in [0.5, 0.6) is 0 Å². The van der Waals surface area contributed by atoms with Crippen molar-refractivity contribution in [2.24, 2.45) is 0 Å². The molecule has 0 aliphatic heterocycles. The van der Waals surface area contributed by atoms with E-state index < -0.39 is 0 Å². The van der Waals surface area contributed by atoms with Crippen molar-refractivity contribution in [2.45, 2.75) is 26.3 Å². The Kier molecular flexibility index (Phi) is 6.09. The number of amides is 1. The Morgan fingerprint density at radius 2 is 2.28 bits per heavy atom. The Labute approximate surface area is 114 Å². The Morgan fingerprint density at radius 1 is 1.56 bits per heavy atom. The average molecular weight is 266 g/mol. The molecule has 0 aromatic carbocycles. The summed E-state index contributed by atoms with van der Waals surface area (Å²) in [7, 11) is 4.07. The summed E-state index contributed by atoms with van der Waals surface area (Å²) in [5, 5.41) is 5.06. The van der Waals surface area contributed by atoms with Crippen LogP contribution in [0.15, 0.2) is 29.2 Å². The molecular weight excluding hydrogens is 244 g/mol. The van der Waals surface area contributed by atoms with Crippen LogP contribution in [-0.4, -0.2) is 31.4 Å². The highest BCUT2D eigenvalue weighted by molar-refractivity contribution is 7.10. The average Bonchev–Trinajstić information content (AvgIpc) is 2.82. The number of hydrogen-bond donors (Lipinski definition) is 1. The third-order valence-electron chi connectivity index (χ3n) is 2.82. The van der Waals surface area contributed by atoms with Gasteiger partial charge in [0.25, 0.3) is 0 Å². The van der Waals surface area contributed by atoms with Crippen LogP contribution < -0.4 is 5.32 Å². The topological polar surface area (TPSA) is 32.3 Å². The number of allylic oxidation sites excluding steroid dienone is 1. The largest absolute Gasteiger partial charge is 0.350 e. The van der Waals surface area contributed by atoms with Crippen LogP contribution >= 0.6 is 11.3 Å². The lowest BCUT2D eigenvalue weighted by atomic mass is 10.2. The van der Waals surface area contributed by atoms with Crippen LogP contribution in [0.1, 0.15) is 31.2 Å². The maximum Gasteiger partial charge on any atom is 0.246 e. The van der Waals surface area contributed by atoms with E-state index in [-0.39, 0.29) is 11.9 Å². The first-order chi connectivity index (χ1) is 8.56. The molecular formula is C14H22N2OS. The molecule has 0 bridgehead atoms. The second kappa shape index (κ2) is 7.34. The van der Waals surface area contributed by atoms with E-state index in [0.29, 0.717) is 6.54 Å². The minimum atomic E-state index is 0.0280. The fourth-order valence-corrected chi connectivity index (χ4v) is 2.67. The number of likely N-dealkylation sites (N-methyl/N-ethyl adjacent to an activating group) is 1. The van der Waals surface area contributed by atoms with Crippen molar-refractivity contribution < 1.29 is 4.79 Å². The van der Waals surface area contributed by atoms with Gasteiger partial charge in [0.2, 0.25) is 5.91 Å². The van der Waals surface area contributed by atoms with Crippen molar-refractivity contribution in [3.05, 3.63) is 34.0 Å². The van der Waals surface area contributed by atoms with E-state index in [1.165, 1.54) is 4.88 Å². The molecule has 1 N–H and O–H groups in total. The molecule has 0 saturated heterocycles. The zero-order valence-corrected chi connectivity index (χ0v) is 12.4. The minimum absolute atomic E-state index is 0.0280. The maximum absolute atomic E-state index is 11.8. The highest BCUT2D eigenvalue weighted by atomic mass is 32.1. The van der Waals surface area contributed by atoms with Crippen molar-refractivity contribution in [3.63, 3.8) is 0 Å². The van der Waals surface area contributed by atoms with Crippen molar-refractivity contribution in [1.82, 2.24) is 10.2 Å². The zero-order chi connectivity index (χ0) is 13.5. The van der Waals surface area contributed by atoms with Crippen LogP contribution in [0.3, 0.4) is 0 Å². The number of nitrogens with one attached hydrogen (secondary N) is 1. The number of hydrogen-bond acceptors (Lipinski definition) is 3. The van der Waals surface area contributed by atoms with Gasteiger partial charge in [0.1, 0.15) is 0 Å². The number of thiophene rings is 1. The molecule has 4 heteroatoms. The van der Waals surface area contributed by atoms with E-state index in [2.05, 4.69) is 21.7 Å². The van der Waals surface area contributed by atoms with E-state index in [1.54, 1.807) is 11.3 Å². The molecule has 1 heterocycles. The summed E-state index contributed by atoms with van der Waals surface area (Å²) in [4.78, 5) is 15.2. The molecule has 0 aliphatic rings. The highest BCUT2D eigenvalue weighted by Crippen LogP contribution is 2.22. The first-order valence-corrected chi connectivity index (χ1v) is 7.09. The number of carbonyl (C=O) groups excluding carboxylic acids is 1. The Hall–Kier alpha value is -1.13. The molecule has 1 amide bonds. The van der Waals surface area contributed by atoms with Crippen LogP contribution in [0.4, 0.5) is 0 Å². The van der Waals surface area contributed by atoms with Gasteiger partial charge in [-0.15, -0.1) is 11.3 Å². The van der Waals surface area contributed by atoms with Gasteiger partial charge in [0.15, 0.2) is 0 Å². The first kappa shape index (κ1) is 14.9. The van der Waals surface area contributed by atoms with E-state index in [0.717, 1.165) is 12.0 Å². The number of carbonyl (C=O) groups is 1. The molecule has 100 valence electrons. The molecule has 0 saturated carbocycles. The first-order valence-electron chi connectivity index (χ1n) is 6.21. The molecule has 1 aromatic heterocycles. The van der Waals surface area contributed by atoms with Gasteiger partial charge in [0, 0.05) is 17.0 Å². The van der Waals surface area contributed by atoms with E-state index in [1.807, 2.05) is 40.1 Å². The zero-order valence-electron chi connectivity index (χ0n) is 11.6. The highest BCUT2D eigenvalue weighted by Gasteiger charge is 2.16. The second-order valence-electron chi connectivity index (χ2n) is 4.50. The Morgan fingerprint density at radius 3 is 2.78 bits per heavy atom. The summed E-state index contributed by atoms with van der Waals surface area (Å²) >= 11 is 1.72. The summed E-state index contributed by atoms with van der Waals surface area (Å²) in [5.41, 5.74) is 0.793.